The molecule has 1 aliphatic rings. The average Bonchev–Trinajstić information content (AvgIpc) is 2.84. The highest BCUT2D eigenvalue weighted by molar-refractivity contribution is 7.91. The van der Waals surface area contributed by atoms with E-state index >= 15 is 0 Å². The smallest absolute Gasteiger partial charge is 0.252 e. The third-order valence-electron chi connectivity index (χ3n) is 3.32. The van der Waals surface area contributed by atoms with Crippen molar-refractivity contribution in [2.45, 2.75) is 56.7 Å². The fourth-order valence-corrected chi connectivity index (χ4v) is 5.31. The Morgan fingerprint density at radius 3 is 2.57 bits per heavy atom. The van der Waals surface area contributed by atoms with Crippen molar-refractivity contribution < 1.29 is 13.2 Å². The van der Waals surface area contributed by atoms with Crippen LogP contribution in [0.3, 0.4) is 0 Å². The molecular weight excluding hydrogens is 308 g/mol. The van der Waals surface area contributed by atoms with Crippen molar-refractivity contribution in [2.24, 2.45) is 0 Å². The van der Waals surface area contributed by atoms with Crippen LogP contribution in [0.15, 0.2) is 15.7 Å². The molecule has 1 aliphatic heterocycles. The Labute approximate surface area is 131 Å². The number of hydrogen-bond acceptors (Lipinski definition) is 5. The molecule has 0 radical (unpaired) electrons. The molecule has 2 heterocycles. The highest BCUT2D eigenvalue weighted by Crippen LogP contribution is 2.26. The van der Waals surface area contributed by atoms with Crippen LogP contribution in [0.25, 0.3) is 0 Å². The molecule has 21 heavy (non-hydrogen) atoms. The Morgan fingerprint density at radius 1 is 1.38 bits per heavy atom. The van der Waals surface area contributed by atoms with Gasteiger partial charge in [-0.2, -0.15) is 4.31 Å². The lowest BCUT2D eigenvalue weighted by molar-refractivity contribution is -0.0440. The molecule has 1 fully saturated rings. The summed E-state index contributed by atoms with van der Waals surface area (Å²) in [6.07, 6.45) is -0.129. The first-order valence-electron chi connectivity index (χ1n) is 7.25. The van der Waals surface area contributed by atoms with Gasteiger partial charge in [0.25, 0.3) is 10.0 Å². The fourth-order valence-electron chi connectivity index (χ4n) is 2.36. The van der Waals surface area contributed by atoms with Gasteiger partial charge in [-0.3, -0.25) is 0 Å². The second kappa shape index (κ2) is 6.75. The molecule has 2 atom stereocenters. The van der Waals surface area contributed by atoms with Crippen molar-refractivity contribution in [1.82, 2.24) is 9.62 Å². The molecule has 1 N–H and O–H groups in total. The maximum atomic E-state index is 12.7. The molecule has 5 nitrogen and oxygen atoms in total. The summed E-state index contributed by atoms with van der Waals surface area (Å²) >= 11 is 1.29. The third kappa shape index (κ3) is 4.26. The largest absolute Gasteiger partial charge is 0.373 e. The molecular formula is C14H24N2O3S2. The van der Waals surface area contributed by atoms with Crippen molar-refractivity contribution in [1.29, 1.82) is 0 Å². The summed E-state index contributed by atoms with van der Waals surface area (Å²) in [5.74, 6) is 0. The Bertz CT molecular complexity index is 559. The standard InChI is InChI=1S/C14H24N2O3S2/c1-10(2)15-6-13-5-14(20-9-13)21(17,18)16-7-11(3)19-12(4)8-16/h5,9-12,15H,6-8H2,1-4H3/t11-,12+. The van der Waals surface area contributed by atoms with Crippen LogP contribution in [0.2, 0.25) is 0 Å². The number of sulfonamides is 1. The minimum atomic E-state index is -3.40. The van der Waals surface area contributed by atoms with E-state index in [0.29, 0.717) is 29.9 Å². The van der Waals surface area contributed by atoms with Crippen LogP contribution in [0.4, 0.5) is 0 Å². The third-order valence-corrected chi connectivity index (χ3v) is 6.62. The second-order valence-electron chi connectivity index (χ2n) is 5.89. The second-order valence-corrected chi connectivity index (χ2v) is 8.96. The zero-order valence-electron chi connectivity index (χ0n) is 13.0. The summed E-state index contributed by atoms with van der Waals surface area (Å²) in [7, 11) is -3.40. The number of hydrogen-bond donors (Lipinski definition) is 1. The first-order valence-corrected chi connectivity index (χ1v) is 9.57. The molecule has 0 amide bonds. The summed E-state index contributed by atoms with van der Waals surface area (Å²) in [5.41, 5.74) is 1.02. The van der Waals surface area contributed by atoms with Crippen molar-refractivity contribution in [3.8, 4) is 0 Å². The van der Waals surface area contributed by atoms with Crippen molar-refractivity contribution in [3.63, 3.8) is 0 Å². The summed E-state index contributed by atoms with van der Waals surface area (Å²) in [6.45, 7) is 9.49. The van der Waals surface area contributed by atoms with Gasteiger partial charge in [0.1, 0.15) is 4.21 Å². The highest BCUT2D eigenvalue weighted by atomic mass is 32.2. The Kier molecular flexibility index (Phi) is 5.43. The van der Waals surface area contributed by atoms with Crippen LogP contribution in [-0.4, -0.2) is 44.1 Å². The topological polar surface area (TPSA) is 58.6 Å². The van der Waals surface area contributed by atoms with Crippen LogP contribution in [0.5, 0.6) is 0 Å². The molecule has 0 spiro atoms. The van der Waals surface area contributed by atoms with Gasteiger partial charge in [-0.05, 0) is 30.9 Å². The Balaban J connectivity index is 2.12. The van der Waals surface area contributed by atoms with E-state index in [1.165, 1.54) is 15.6 Å². The first-order chi connectivity index (χ1) is 9.79. The lowest BCUT2D eigenvalue weighted by Gasteiger charge is -2.34. The van der Waals surface area contributed by atoms with Crippen molar-refractivity contribution in [3.05, 3.63) is 17.0 Å². The van der Waals surface area contributed by atoms with Crippen molar-refractivity contribution in [2.75, 3.05) is 13.1 Å². The maximum Gasteiger partial charge on any atom is 0.252 e. The van der Waals surface area contributed by atoms with Gasteiger partial charge in [-0.1, -0.05) is 13.8 Å². The van der Waals surface area contributed by atoms with E-state index in [4.69, 9.17) is 4.74 Å². The van der Waals surface area contributed by atoms with E-state index < -0.39 is 10.0 Å². The van der Waals surface area contributed by atoms with Gasteiger partial charge in [-0.25, -0.2) is 8.42 Å². The zero-order chi connectivity index (χ0) is 15.6. The summed E-state index contributed by atoms with van der Waals surface area (Å²) < 4.78 is 32.9. The molecule has 2 rings (SSSR count). The van der Waals surface area contributed by atoms with Crippen LogP contribution in [-0.2, 0) is 21.3 Å². The van der Waals surface area contributed by atoms with E-state index in [1.54, 1.807) is 6.07 Å². The molecule has 7 heteroatoms. The van der Waals surface area contributed by atoms with E-state index in [-0.39, 0.29) is 12.2 Å². The van der Waals surface area contributed by atoms with Crippen LogP contribution >= 0.6 is 11.3 Å². The van der Waals surface area contributed by atoms with Gasteiger partial charge in [0.15, 0.2) is 0 Å². The molecule has 0 unspecified atom stereocenters. The van der Waals surface area contributed by atoms with Gasteiger partial charge >= 0.3 is 0 Å². The predicted octanol–water partition coefficient (Wildman–Crippen LogP) is 2.04. The molecule has 0 saturated carbocycles. The van der Waals surface area contributed by atoms with Gasteiger partial charge in [0, 0.05) is 25.7 Å². The lowest BCUT2D eigenvalue weighted by atomic mass is 10.3. The monoisotopic (exact) mass is 332 g/mol. The first kappa shape index (κ1) is 16.9. The summed E-state index contributed by atoms with van der Waals surface area (Å²) in [6, 6.07) is 2.16. The average molecular weight is 332 g/mol. The quantitative estimate of drug-likeness (QED) is 0.896. The molecule has 0 aromatic carbocycles. The van der Waals surface area contributed by atoms with Gasteiger partial charge in [0.05, 0.1) is 12.2 Å². The normalized spacial score (nSPS) is 24.6. The van der Waals surface area contributed by atoms with Crippen molar-refractivity contribution >= 4 is 21.4 Å². The Hall–Kier alpha value is -0.470. The van der Waals surface area contributed by atoms with E-state index in [1.807, 2.05) is 19.2 Å². The number of nitrogens with zero attached hydrogens (tertiary/aromatic N) is 1. The highest BCUT2D eigenvalue weighted by Gasteiger charge is 2.33. The molecule has 1 saturated heterocycles. The molecule has 1 aromatic heterocycles. The Morgan fingerprint density at radius 2 is 2.00 bits per heavy atom. The number of rotatable bonds is 5. The molecule has 0 aliphatic carbocycles. The van der Waals surface area contributed by atoms with Gasteiger partial charge in [-0.15, -0.1) is 11.3 Å². The predicted molar refractivity (Wildman–Crippen MR) is 85.1 cm³/mol. The van der Waals surface area contributed by atoms with Crippen LogP contribution < -0.4 is 5.32 Å². The minimum absolute atomic E-state index is 0.0643. The number of morpholine rings is 1. The number of nitrogens with one attached hydrogen (secondary N) is 1. The molecule has 0 bridgehead atoms. The zero-order valence-corrected chi connectivity index (χ0v) is 14.6. The van der Waals surface area contributed by atoms with Gasteiger partial charge in [0.2, 0.25) is 0 Å². The number of ether oxygens (including phenoxy) is 1. The summed E-state index contributed by atoms with van der Waals surface area (Å²) in [4.78, 5) is 0. The molecule has 120 valence electrons. The maximum absolute atomic E-state index is 12.7. The summed E-state index contributed by atoms with van der Waals surface area (Å²) in [5, 5.41) is 5.21. The lowest BCUT2D eigenvalue weighted by Crippen LogP contribution is -2.47. The van der Waals surface area contributed by atoms with Gasteiger partial charge < -0.3 is 10.1 Å². The SMILES string of the molecule is CC(C)NCc1csc(S(=O)(=O)N2C[C@@H](C)O[C@@H](C)C2)c1. The van der Waals surface area contributed by atoms with E-state index in [9.17, 15) is 8.42 Å². The minimum Gasteiger partial charge on any atom is -0.373 e. The number of thiophene rings is 1. The van der Waals surface area contributed by atoms with E-state index in [0.717, 1.165) is 5.56 Å². The molecule has 1 aromatic rings. The van der Waals surface area contributed by atoms with Crippen LogP contribution in [0.1, 0.15) is 33.3 Å². The fraction of sp³-hybridized carbons (Fsp3) is 0.714. The van der Waals surface area contributed by atoms with Crippen LogP contribution in [0, 0.1) is 0 Å². The van der Waals surface area contributed by atoms with E-state index in [2.05, 4.69) is 19.2 Å².